The number of aliphatic carboxylic acids is 1. The van der Waals surface area contributed by atoms with E-state index in [1.54, 1.807) is 13.0 Å². The number of rotatable bonds is 8. The van der Waals surface area contributed by atoms with E-state index in [1.165, 1.54) is 0 Å². The molecule has 1 N–H and O–H groups in total. The van der Waals surface area contributed by atoms with Gasteiger partial charge in [-0.15, -0.1) is 0 Å². The molecule has 2 aromatic carbocycles. The quantitative estimate of drug-likeness (QED) is 0.738. The predicted octanol–water partition coefficient (Wildman–Crippen LogP) is 3.71. The lowest BCUT2D eigenvalue weighted by Gasteiger charge is -2.12. The zero-order valence-electron chi connectivity index (χ0n) is 14.7. The molecule has 0 heterocycles. The highest BCUT2D eigenvalue weighted by atomic mass is 16.5. The maximum Gasteiger partial charge on any atom is 0.333 e. The number of carboxylic acid groups (broad SMARTS) is 1. The molecule has 4 heteroatoms. The Morgan fingerprint density at radius 3 is 2.54 bits per heavy atom. The summed E-state index contributed by atoms with van der Waals surface area (Å²) in [6, 6.07) is 17.1. The SMILES string of the molecule is CCOC(Cc1ccc(OC/C=C\C#Cc2ccccc2)cc1)C(=O)O. The molecule has 0 fully saturated rings. The van der Waals surface area contributed by atoms with Gasteiger partial charge in [0.25, 0.3) is 0 Å². The minimum Gasteiger partial charge on any atom is -0.490 e. The summed E-state index contributed by atoms with van der Waals surface area (Å²) in [5.41, 5.74) is 1.86. The molecule has 0 amide bonds. The summed E-state index contributed by atoms with van der Waals surface area (Å²) in [7, 11) is 0. The molecular formula is C22H22O4. The summed E-state index contributed by atoms with van der Waals surface area (Å²) in [6.45, 7) is 2.57. The molecule has 2 aromatic rings. The van der Waals surface area contributed by atoms with Gasteiger partial charge in [-0.25, -0.2) is 4.79 Å². The second kappa shape index (κ2) is 10.8. The molecule has 0 aromatic heterocycles. The Morgan fingerprint density at radius 2 is 1.88 bits per heavy atom. The fourth-order valence-corrected chi connectivity index (χ4v) is 2.25. The molecule has 134 valence electrons. The minimum absolute atomic E-state index is 0.332. The maximum atomic E-state index is 11.1. The molecule has 0 radical (unpaired) electrons. The molecule has 0 saturated heterocycles. The smallest absolute Gasteiger partial charge is 0.333 e. The summed E-state index contributed by atoms with van der Waals surface area (Å²) >= 11 is 0. The largest absolute Gasteiger partial charge is 0.490 e. The van der Waals surface area contributed by atoms with Gasteiger partial charge in [0.1, 0.15) is 12.4 Å². The van der Waals surface area contributed by atoms with E-state index in [1.807, 2.05) is 60.7 Å². The van der Waals surface area contributed by atoms with Gasteiger partial charge in [-0.2, -0.15) is 0 Å². The number of hydrogen-bond donors (Lipinski definition) is 1. The van der Waals surface area contributed by atoms with Crippen LogP contribution in [0.25, 0.3) is 0 Å². The lowest BCUT2D eigenvalue weighted by Crippen LogP contribution is -2.26. The number of hydrogen-bond acceptors (Lipinski definition) is 3. The topological polar surface area (TPSA) is 55.8 Å². The normalized spacial score (nSPS) is 11.6. The first-order valence-electron chi connectivity index (χ1n) is 8.46. The highest BCUT2D eigenvalue weighted by Crippen LogP contribution is 2.14. The summed E-state index contributed by atoms with van der Waals surface area (Å²) in [5, 5.41) is 9.11. The predicted molar refractivity (Wildman–Crippen MR) is 101 cm³/mol. The van der Waals surface area contributed by atoms with Crippen LogP contribution >= 0.6 is 0 Å². The zero-order chi connectivity index (χ0) is 18.6. The lowest BCUT2D eigenvalue weighted by atomic mass is 10.1. The number of carboxylic acids is 1. The summed E-state index contributed by atoms with van der Waals surface area (Å²) in [4.78, 5) is 11.1. The van der Waals surface area contributed by atoms with Gasteiger partial charge in [0.15, 0.2) is 6.10 Å². The van der Waals surface area contributed by atoms with E-state index in [4.69, 9.17) is 14.6 Å². The van der Waals surface area contributed by atoms with E-state index in [0.717, 1.165) is 16.9 Å². The molecule has 0 bridgehead atoms. The monoisotopic (exact) mass is 350 g/mol. The van der Waals surface area contributed by atoms with E-state index in [-0.39, 0.29) is 0 Å². The highest BCUT2D eigenvalue weighted by molar-refractivity contribution is 5.72. The average molecular weight is 350 g/mol. The molecule has 0 saturated carbocycles. The number of carbonyl (C=O) groups is 1. The van der Waals surface area contributed by atoms with Gasteiger partial charge in [-0.3, -0.25) is 0 Å². The van der Waals surface area contributed by atoms with Crippen molar-refractivity contribution in [3.63, 3.8) is 0 Å². The van der Waals surface area contributed by atoms with E-state index in [9.17, 15) is 4.79 Å². The Kier molecular flexibility index (Phi) is 7.98. The van der Waals surface area contributed by atoms with Crippen molar-refractivity contribution < 1.29 is 19.4 Å². The van der Waals surface area contributed by atoms with Crippen molar-refractivity contribution in [3.8, 4) is 17.6 Å². The van der Waals surface area contributed by atoms with Crippen molar-refractivity contribution in [3.05, 3.63) is 77.9 Å². The zero-order valence-corrected chi connectivity index (χ0v) is 14.7. The third-order valence-corrected chi connectivity index (χ3v) is 3.53. The maximum absolute atomic E-state index is 11.1. The Labute approximate surface area is 154 Å². The van der Waals surface area contributed by atoms with Crippen LogP contribution in [-0.2, 0) is 16.0 Å². The third-order valence-electron chi connectivity index (χ3n) is 3.53. The van der Waals surface area contributed by atoms with Crippen LogP contribution in [0.5, 0.6) is 5.75 Å². The van der Waals surface area contributed by atoms with Crippen molar-refractivity contribution in [1.82, 2.24) is 0 Å². The van der Waals surface area contributed by atoms with Crippen molar-refractivity contribution in [2.45, 2.75) is 19.4 Å². The molecule has 0 spiro atoms. The van der Waals surface area contributed by atoms with E-state index in [2.05, 4.69) is 11.8 Å². The fraction of sp³-hybridized carbons (Fsp3) is 0.227. The molecule has 0 aliphatic carbocycles. The van der Waals surface area contributed by atoms with Gasteiger partial charge in [0.05, 0.1) is 0 Å². The minimum atomic E-state index is -0.950. The summed E-state index contributed by atoms with van der Waals surface area (Å²) in [5.74, 6) is 5.77. The highest BCUT2D eigenvalue weighted by Gasteiger charge is 2.17. The molecule has 0 aliphatic rings. The van der Waals surface area contributed by atoms with Crippen LogP contribution in [0.1, 0.15) is 18.1 Å². The standard InChI is InChI=1S/C22H22O4/c1-2-25-21(22(23)24)17-19-12-14-20(15-13-19)26-16-8-4-7-11-18-9-5-3-6-10-18/h3-6,8-10,12-15,21H,2,16-17H2,1H3,(H,23,24)/b8-4-. The summed E-state index contributed by atoms with van der Waals surface area (Å²) in [6.07, 6.45) is 3.12. The third kappa shape index (κ3) is 6.84. The molecule has 2 rings (SSSR count). The van der Waals surface area contributed by atoms with Crippen molar-refractivity contribution in [2.24, 2.45) is 0 Å². The van der Waals surface area contributed by atoms with Crippen LogP contribution in [0.15, 0.2) is 66.7 Å². The van der Waals surface area contributed by atoms with Crippen LogP contribution in [-0.4, -0.2) is 30.4 Å². The molecular weight excluding hydrogens is 328 g/mol. The van der Waals surface area contributed by atoms with Crippen LogP contribution < -0.4 is 4.74 Å². The Morgan fingerprint density at radius 1 is 1.15 bits per heavy atom. The molecule has 0 aliphatic heterocycles. The number of allylic oxidation sites excluding steroid dienone is 1. The van der Waals surface area contributed by atoms with Crippen molar-refractivity contribution in [2.75, 3.05) is 13.2 Å². The second-order valence-corrected chi connectivity index (χ2v) is 5.48. The van der Waals surface area contributed by atoms with Crippen molar-refractivity contribution in [1.29, 1.82) is 0 Å². The number of ether oxygens (including phenoxy) is 2. The van der Waals surface area contributed by atoms with E-state index < -0.39 is 12.1 Å². The Bertz CT molecular complexity index is 767. The van der Waals surface area contributed by atoms with E-state index in [0.29, 0.717) is 19.6 Å². The Balaban J connectivity index is 1.79. The van der Waals surface area contributed by atoms with E-state index >= 15 is 0 Å². The second-order valence-electron chi connectivity index (χ2n) is 5.48. The number of benzene rings is 2. The van der Waals surface area contributed by atoms with Gasteiger partial charge in [0.2, 0.25) is 0 Å². The molecule has 1 unspecified atom stereocenters. The molecule has 1 atom stereocenters. The van der Waals surface area contributed by atoms with Gasteiger partial charge in [-0.1, -0.05) is 42.2 Å². The van der Waals surface area contributed by atoms with Gasteiger partial charge >= 0.3 is 5.97 Å². The van der Waals surface area contributed by atoms with Crippen molar-refractivity contribution >= 4 is 5.97 Å². The van der Waals surface area contributed by atoms with Crippen LogP contribution in [0.2, 0.25) is 0 Å². The van der Waals surface area contributed by atoms with Gasteiger partial charge in [-0.05, 0) is 48.9 Å². The first-order valence-corrected chi connectivity index (χ1v) is 8.46. The Hall–Kier alpha value is -3.03. The molecule has 26 heavy (non-hydrogen) atoms. The first-order chi connectivity index (χ1) is 12.7. The van der Waals surface area contributed by atoms with Crippen LogP contribution in [0.4, 0.5) is 0 Å². The fourth-order valence-electron chi connectivity index (χ4n) is 2.25. The van der Waals surface area contributed by atoms with Gasteiger partial charge < -0.3 is 14.6 Å². The van der Waals surface area contributed by atoms with Gasteiger partial charge in [0, 0.05) is 18.6 Å². The average Bonchev–Trinajstić information content (AvgIpc) is 2.66. The van der Waals surface area contributed by atoms with Crippen LogP contribution in [0, 0.1) is 11.8 Å². The molecule has 4 nitrogen and oxygen atoms in total. The summed E-state index contributed by atoms with van der Waals surface area (Å²) < 4.78 is 10.8. The van der Waals surface area contributed by atoms with Crippen LogP contribution in [0.3, 0.4) is 0 Å². The first kappa shape index (κ1) is 19.3. The lowest BCUT2D eigenvalue weighted by molar-refractivity contribution is -0.149.